The number of rotatable bonds is 14. The van der Waals surface area contributed by atoms with Gasteiger partial charge in [-0.1, -0.05) is 79.8 Å². The Labute approximate surface area is 162 Å². The Kier molecular flexibility index (Phi) is 15.8. The number of hydrogen-bond donors (Lipinski definition) is 4. The second-order valence-electron chi connectivity index (χ2n) is 6.01. The summed E-state index contributed by atoms with van der Waals surface area (Å²) in [6, 6.07) is -0.404. The number of aliphatic hydroxyl groups excluding tert-OH is 2. The van der Waals surface area contributed by atoms with Crippen molar-refractivity contribution in [3.05, 3.63) is 72.9 Å². The first-order valence-electron chi connectivity index (χ1n) is 9.29. The summed E-state index contributed by atoms with van der Waals surface area (Å²) >= 11 is 0. The molecule has 0 fully saturated rings. The molecule has 5 heteroatoms. The van der Waals surface area contributed by atoms with E-state index in [0.29, 0.717) is 19.3 Å². The molecule has 0 saturated carbocycles. The van der Waals surface area contributed by atoms with Crippen molar-refractivity contribution < 1.29 is 20.1 Å². The van der Waals surface area contributed by atoms with Crippen molar-refractivity contribution in [1.29, 1.82) is 0 Å². The van der Waals surface area contributed by atoms with E-state index in [0.717, 1.165) is 6.42 Å². The zero-order chi connectivity index (χ0) is 20.3. The molecule has 0 bridgehead atoms. The van der Waals surface area contributed by atoms with Gasteiger partial charge >= 0.3 is 5.97 Å². The van der Waals surface area contributed by atoms with E-state index >= 15 is 0 Å². The molecule has 5 N–H and O–H groups in total. The molecular formula is C22H33NO4. The predicted octanol–water partition coefficient (Wildman–Crippen LogP) is 3.43. The van der Waals surface area contributed by atoms with Gasteiger partial charge in [-0.3, -0.25) is 4.79 Å². The highest BCUT2D eigenvalue weighted by Gasteiger charge is 2.08. The number of hydrogen-bond acceptors (Lipinski definition) is 4. The fourth-order valence-electron chi connectivity index (χ4n) is 1.97. The number of nitrogens with two attached hydrogens (primary N) is 1. The van der Waals surface area contributed by atoms with Gasteiger partial charge in [0.1, 0.15) is 0 Å². The fourth-order valence-corrected chi connectivity index (χ4v) is 1.97. The monoisotopic (exact) mass is 375 g/mol. The average Bonchev–Trinajstić information content (AvgIpc) is 2.63. The van der Waals surface area contributed by atoms with Crippen molar-refractivity contribution in [2.45, 2.75) is 57.3 Å². The highest BCUT2D eigenvalue weighted by atomic mass is 16.4. The van der Waals surface area contributed by atoms with Crippen LogP contribution in [0.25, 0.3) is 0 Å². The lowest BCUT2D eigenvalue weighted by atomic mass is 10.1. The summed E-state index contributed by atoms with van der Waals surface area (Å²) in [5, 5.41) is 28.1. The Morgan fingerprint density at radius 1 is 0.889 bits per heavy atom. The molecule has 3 unspecified atom stereocenters. The minimum atomic E-state index is -0.824. The lowest BCUT2D eigenvalue weighted by Crippen LogP contribution is -2.32. The summed E-state index contributed by atoms with van der Waals surface area (Å²) in [4.78, 5) is 10.3. The molecule has 0 rings (SSSR count). The van der Waals surface area contributed by atoms with Gasteiger partial charge in [0, 0.05) is 12.5 Å². The molecule has 0 aliphatic carbocycles. The topological polar surface area (TPSA) is 104 Å². The molecule has 0 aromatic carbocycles. The van der Waals surface area contributed by atoms with Crippen LogP contribution in [0.15, 0.2) is 72.9 Å². The van der Waals surface area contributed by atoms with Crippen LogP contribution in [0.4, 0.5) is 0 Å². The molecular weight excluding hydrogens is 342 g/mol. The highest BCUT2D eigenvalue weighted by molar-refractivity contribution is 5.66. The number of aliphatic hydroxyl groups is 2. The number of allylic oxidation sites excluding steroid dienone is 8. The molecule has 27 heavy (non-hydrogen) atoms. The molecule has 0 heterocycles. The first kappa shape index (κ1) is 24.8. The van der Waals surface area contributed by atoms with Crippen LogP contribution in [0.3, 0.4) is 0 Å². The van der Waals surface area contributed by atoms with Crippen LogP contribution in [-0.4, -0.2) is 39.5 Å². The van der Waals surface area contributed by atoms with Crippen LogP contribution < -0.4 is 5.73 Å². The van der Waals surface area contributed by atoms with Gasteiger partial charge in [0.25, 0.3) is 0 Å². The van der Waals surface area contributed by atoms with Crippen LogP contribution in [0.1, 0.15) is 39.0 Å². The van der Waals surface area contributed by atoms with Crippen LogP contribution in [0, 0.1) is 0 Å². The molecule has 3 atom stereocenters. The first-order valence-corrected chi connectivity index (χ1v) is 9.29. The second-order valence-corrected chi connectivity index (χ2v) is 6.01. The summed E-state index contributed by atoms with van der Waals surface area (Å²) in [5.41, 5.74) is 5.87. The molecule has 0 aromatic rings. The third kappa shape index (κ3) is 17.0. The van der Waals surface area contributed by atoms with Crippen molar-refractivity contribution in [3.63, 3.8) is 0 Å². The van der Waals surface area contributed by atoms with Crippen LogP contribution in [0.2, 0.25) is 0 Å². The lowest BCUT2D eigenvalue weighted by Gasteiger charge is -2.12. The SMILES string of the molecule is CC/C=C\CC(O)C(N)/C=C/C=C\C=C/C=C/C(O)C/C=C\CCC(=O)O. The number of carboxylic acids is 1. The predicted molar refractivity (Wildman–Crippen MR) is 111 cm³/mol. The van der Waals surface area contributed by atoms with E-state index in [-0.39, 0.29) is 6.42 Å². The van der Waals surface area contributed by atoms with E-state index < -0.39 is 24.2 Å². The van der Waals surface area contributed by atoms with E-state index in [4.69, 9.17) is 10.8 Å². The Morgan fingerprint density at radius 3 is 2.11 bits per heavy atom. The number of carboxylic acid groups (broad SMARTS) is 1. The highest BCUT2D eigenvalue weighted by Crippen LogP contribution is 2.01. The average molecular weight is 376 g/mol. The van der Waals surface area contributed by atoms with Gasteiger partial charge in [-0.05, 0) is 25.7 Å². The molecule has 0 aromatic heterocycles. The van der Waals surface area contributed by atoms with Crippen LogP contribution in [0.5, 0.6) is 0 Å². The minimum Gasteiger partial charge on any atom is -0.481 e. The van der Waals surface area contributed by atoms with E-state index in [2.05, 4.69) is 0 Å². The van der Waals surface area contributed by atoms with Gasteiger partial charge in [-0.2, -0.15) is 0 Å². The Morgan fingerprint density at radius 2 is 1.48 bits per heavy atom. The summed E-state index contributed by atoms with van der Waals surface area (Å²) in [5.74, 6) is -0.824. The van der Waals surface area contributed by atoms with Crippen molar-refractivity contribution in [2.24, 2.45) is 5.73 Å². The maximum atomic E-state index is 10.3. The quantitative estimate of drug-likeness (QED) is 0.275. The van der Waals surface area contributed by atoms with Gasteiger partial charge in [-0.25, -0.2) is 0 Å². The zero-order valence-electron chi connectivity index (χ0n) is 16.0. The maximum absolute atomic E-state index is 10.3. The van der Waals surface area contributed by atoms with Gasteiger partial charge in [0.2, 0.25) is 0 Å². The standard InChI is InChI=1S/C22H33NO4/c1-2-3-9-17-21(25)20(23)16-12-7-5-4-6-10-14-19(24)15-11-8-13-18-22(26)27/h3-12,14,16,19-21,24-25H,2,13,15,17-18,23H2,1H3,(H,26,27)/b6-4-,7-5-,9-3-,11-8-,14-10+,16-12+. The summed E-state index contributed by atoms with van der Waals surface area (Å²) in [6.07, 6.45) is 23.0. The molecule has 0 saturated heterocycles. The van der Waals surface area contributed by atoms with Gasteiger partial charge in [-0.15, -0.1) is 0 Å². The van der Waals surface area contributed by atoms with Crippen molar-refractivity contribution in [1.82, 2.24) is 0 Å². The van der Waals surface area contributed by atoms with E-state index in [1.165, 1.54) is 0 Å². The van der Waals surface area contributed by atoms with Gasteiger partial charge in [0.15, 0.2) is 0 Å². The molecule has 0 spiro atoms. The maximum Gasteiger partial charge on any atom is 0.303 e. The van der Waals surface area contributed by atoms with Crippen LogP contribution >= 0.6 is 0 Å². The third-order valence-corrected chi connectivity index (χ3v) is 3.52. The molecule has 0 radical (unpaired) electrons. The second kappa shape index (κ2) is 17.2. The van der Waals surface area contributed by atoms with Crippen molar-refractivity contribution in [2.75, 3.05) is 0 Å². The lowest BCUT2D eigenvalue weighted by molar-refractivity contribution is -0.136. The smallest absolute Gasteiger partial charge is 0.303 e. The Balaban J connectivity index is 4.03. The molecule has 0 aliphatic heterocycles. The van der Waals surface area contributed by atoms with Crippen molar-refractivity contribution in [3.8, 4) is 0 Å². The third-order valence-electron chi connectivity index (χ3n) is 3.52. The molecule has 5 nitrogen and oxygen atoms in total. The van der Waals surface area contributed by atoms with Gasteiger partial charge < -0.3 is 21.1 Å². The Bertz CT molecular complexity index is 559. The number of carbonyl (C=O) groups is 1. The zero-order valence-corrected chi connectivity index (χ0v) is 16.0. The molecule has 0 amide bonds. The largest absolute Gasteiger partial charge is 0.481 e. The van der Waals surface area contributed by atoms with E-state index in [1.54, 1.807) is 42.5 Å². The summed E-state index contributed by atoms with van der Waals surface area (Å²) in [6.45, 7) is 2.04. The first-order chi connectivity index (χ1) is 13.0. The Hall–Kier alpha value is -2.21. The minimum absolute atomic E-state index is 0.103. The van der Waals surface area contributed by atoms with Crippen molar-refractivity contribution >= 4 is 5.97 Å². The van der Waals surface area contributed by atoms with Crippen LogP contribution in [-0.2, 0) is 4.79 Å². The summed E-state index contributed by atoms with van der Waals surface area (Å²) < 4.78 is 0. The van der Waals surface area contributed by atoms with E-state index in [9.17, 15) is 15.0 Å². The van der Waals surface area contributed by atoms with Gasteiger partial charge in [0.05, 0.1) is 12.2 Å². The normalized spacial score (nSPS) is 16.6. The molecule has 150 valence electrons. The molecule has 0 aliphatic rings. The fraction of sp³-hybridized carbons (Fsp3) is 0.409. The number of aliphatic carboxylic acids is 1. The summed E-state index contributed by atoms with van der Waals surface area (Å²) in [7, 11) is 0. The van der Waals surface area contributed by atoms with E-state index in [1.807, 2.05) is 37.3 Å².